The number of aromatic nitrogens is 5. The minimum absolute atomic E-state index is 0.181. The number of halogens is 4. The monoisotopic (exact) mass is 487 g/mol. The second-order valence-corrected chi connectivity index (χ2v) is 8.14. The maximum absolute atomic E-state index is 15.1. The Balaban J connectivity index is 1.75. The lowest BCUT2D eigenvalue weighted by molar-refractivity contribution is -0.137. The molecule has 0 saturated heterocycles. The van der Waals surface area contributed by atoms with E-state index in [1.807, 2.05) is 0 Å². The van der Waals surface area contributed by atoms with Gasteiger partial charge in [0.1, 0.15) is 18.0 Å². The second kappa shape index (κ2) is 8.93. The van der Waals surface area contributed by atoms with Gasteiger partial charge < -0.3 is 10.6 Å². The maximum atomic E-state index is 15.1. The third-order valence-electron chi connectivity index (χ3n) is 5.57. The zero-order chi connectivity index (χ0) is 25.5. The van der Waals surface area contributed by atoms with Crippen LogP contribution in [-0.2, 0) is 19.8 Å². The Hall–Kier alpha value is -4.09. The van der Waals surface area contributed by atoms with E-state index in [9.17, 15) is 18.0 Å². The van der Waals surface area contributed by atoms with E-state index in [0.717, 1.165) is 12.1 Å². The van der Waals surface area contributed by atoms with Crippen LogP contribution >= 0.6 is 0 Å². The van der Waals surface area contributed by atoms with Crippen molar-refractivity contribution in [3.8, 4) is 0 Å². The van der Waals surface area contributed by atoms with Gasteiger partial charge in [0.25, 0.3) is 5.91 Å². The van der Waals surface area contributed by atoms with Crippen molar-refractivity contribution in [1.82, 2.24) is 29.6 Å². The minimum atomic E-state index is -4.55. The Morgan fingerprint density at radius 3 is 2.54 bits per heavy atom. The zero-order valence-corrected chi connectivity index (χ0v) is 19.0. The highest BCUT2D eigenvalue weighted by molar-refractivity contribution is 5.98. The number of carbonyl (C=O) groups is 1. The first-order valence-corrected chi connectivity index (χ1v) is 10.5. The van der Waals surface area contributed by atoms with Crippen LogP contribution in [0.2, 0.25) is 0 Å². The van der Waals surface area contributed by atoms with Crippen molar-refractivity contribution in [2.45, 2.75) is 32.6 Å². The smallest absolute Gasteiger partial charge is 0.383 e. The molecule has 0 unspecified atom stereocenters. The molecule has 0 saturated carbocycles. The number of hydrogen-bond donors (Lipinski definition) is 1. The number of nitrogens with zero attached hydrogens (tertiary/aromatic N) is 6. The van der Waals surface area contributed by atoms with Crippen LogP contribution in [-0.4, -0.2) is 35.5 Å². The van der Waals surface area contributed by atoms with Gasteiger partial charge in [-0.1, -0.05) is 0 Å². The van der Waals surface area contributed by atoms with Crippen molar-refractivity contribution in [2.24, 2.45) is 7.05 Å². The number of pyridine rings is 2. The van der Waals surface area contributed by atoms with E-state index in [-0.39, 0.29) is 35.0 Å². The molecule has 0 fully saturated rings. The summed E-state index contributed by atoms with van der Waals surface area (Å²) in [6.07, 6.45) is -2.41. The quantitative estimate of drug-likeness (QED) is 0.423. The Morgan fingerprint density at radius 1 is 1.20 bits per heavy atom. The van der Waals surface area contributed by atoms with Gasteiger partial charge in [0.05, 0.1) is 34.9 Å². The standard InChI is InChI=1S/C23H21F4N7O/c1-12-6-14-7-17(18(24)8-19(14)31-20(12)28)22(35)34(13(2)21-30-11-33(3)32-21)10-16-5-4-15(9-29-16)23(25,26)27/h4-9,11,13H,10H2,1-3H3,(H2,28,31)/t13-/m0/s1. The van der Waals surface area contributed by atoms with Gasteiger partial charge in [-0.2, -0.15) is 18.3 Å². The molecular weight excluding hydrogens is 466 g/mol. The predicted octanol–water partition coefficient (Wildman–Crippen LogP) is 4.21. The summed E-state index contributed by atoms with van der Waals surface area (Å²) in [5.41, 5.74) is 5.79. The second-order valence-electron chi connectivity index (χ2n) is 8.14. The fourth-order valence-corrected chi connectivity index (χ4v) is 3.57. The van der Waals surface area contributed by atoms with E-state index in [1.54, 1.807) is 27.0 Å². The molecule has 1 atom stereocenters. The van der Waals surface area contributed by atoms with Crippen molar-refractivity contribution in [2.75, 3.05) is 5.73 Å². The van der Waals surface area contributed by atoms with Crippen LogP contribution in [0.3, 0.4) is 0 Å². The van der Waals surface area contributed by atoms with Gasteiger partial charge in [-0.25, -0.2) is 14.4 Å². The zero-order valence-electron chi connectivity index (χ0n) is 19.0. The van der Waals surface area contributed by atoms with Gasteiger partial charge in [-0.15, -0.1) is 0 Å². The fraction of sp³-hybridized carbons (Fsp3) is 0.261. The lowest BCUT2D eigenvalue weighted by atomic mass is 10.1. The molecule has 2 N–H and O–H groups in total. The number of anilines is 1. The number of amides is 1. The van der Waals surface area contributed by atoms with Crippen molar-refractivity contribution in [3.63, 3.8) is 0 Å². The average Bonchev–Trinajstić information content (AvgIpc) is 3.23. The maximum Gasteiger partial charge on any atom is 0.417 e. The highest BCUT2D eigenvalue weighted by Gasteiger charge is 2.32. The van der Waals surface area contributed by atoms with E-state index in [1.165, 1.54) is 28.0 Å². The van der Waals surface area contributed by atoms with Crippen molar-refractivity contribution >= 4 is 22.6 Å². The van der Waals surface area contributed by atoms with E-state index in [2.05, 4.69) is 20.1 Å². The van der Waals surface area contributed by atoms with Crippen LogP contribution in [0.4, 0.5) is 23.4 Å². The van der Waals surface area contributed by atoms with Crippen LogP contribution < -0.4 is 5.73 Å². The molecule has 0 aliphatic heterocycles. The van der Waals surface area contributed by atoms with Gasteiger partial charge in [-0.05, 0) is 43.7 Å². The Kier molecular flexibility index (Phi) is 6.14. The molecule has 182 valence electrons. The number of hydrogen-bond acceptors (Lipinski definition) is 6. The summed E-state index contributed by atoms with van der Waals surface area (Å²) in [6.45, 7) is 3.18. The molecule has 8 nitrogen and oxygen atoms in total. The largest absolute Gasteiger partial charge is 0.417 e. The Morgan fingerprint density at radius 2 is 1.94 bits per heavy atom. The Labute approximate surface area is 197 Å². The summed E-state index contributed by atoms with van der Waals surface area (Å²) in [7, 11) is 1.65. The van der Waals surface area contributed by atoms with Gasteiger partial charge in [-0.3, -0.25) is 14.5 Å². The van der Waals surface area contributed by atoms with Gasteiger partial charge in [0.2, 0.25) is 0 Å². The van der Waals surface area contributed by atoms with E-state index in [0.29, 0.717) is 17.1 Å². The number of fused-ring (bicyclic) bond motifs is 1. The first kappa shape index (κ1) is 24.0. The molecule has 4 rings (SSSR count). The van der Waals surface area contributed by atoms with Crippen LogP contribution in [0.1, 0.15) is 46.0 Å². The van der Waals surface area contributed by atoms with Crippen molar-refractivity contribution < 1.29 is 22.4 Å². The lowest BCUT2D eigenvalue weighted by Crippen LogP contribution is -2.34. The SMILES string of the molecule is Cc1cc2cc(C(=O)N(Cc3ccc(C(F)(F)F)cn3)[C@@H](C)c3ncn(C)n3)c(F)cc2nc1N. The van der Waals surface area contributed by atoms with Crippen LogP contribution in [0, 0.1) is 12.7 Å². The summed E-state index contributed by atoms with van der Waals surface area (Å²) < 4.78 is 55.3. The molecule has 0 radical (unpaired) electrons. The summed E-state index contributed by atoms with van der Waals surface area (Å²) in [6, 6.07) is 5.50. The molecule has 0 aliphatic carbocycles. The lowest BCUT2D eigenvalue weighted by Gasteiger charge is -2.28. The molecule has 3 heterocycles. The number of alkyl halides is 3. The van der Waals surface area contributed by atoms with E-state index >= 15 is 4.39 Å². The van der Waals surface area contributed by atoms with Crippen LogP contribution in [0.15, 0.2) is 42.9 Å². The Bertz CT molecular complexity index is 1400. The first-order chi connectivity index (χ1) is 16.4. The van der Waals surface area contributed by atoms with Gasteiger partial charge >= 0.3 is 6.18 Å². The highest BCUT2D eigenvalue weighted by Crippen LogP contribution is 2.30. The molecule has 3 aromatic heterocycles. The van der Waals surface area contributed by atoms with Crippen LogP contribution in [0.5, 0.6) is 0 Å². The van der Waals surface area contributed by atoms with Crippen molar-refractivity contribution in [3.05, 3.63) is 76.9 Å². The van der Waals surface area contributed by atoms with Crippen LogP contribution in [0.25, 0.3) is 10.9 Å². The van der Waals surface area contributed by atoms with Crippen molar-refractivity contribution in [1.29, 1.82) is 0 Å². The number of nitrogens with two attached hydrogens (primary N) is 1. The summed E-state index contributed by atoms with van der Waals surface area (Å²) in [5, 5.41) is 4.73. The molecule has 0 aliphatic rings. The number of carbonyl (C=O) groups excluding carboxylic acids is 1. The molecule has 1 aromatic carbocycles. The average molecular weight is 487 g/mol. The first-order valence-electron chi connectivity index (χ1n) is 10.5. The summed E-state index contributed by atoms with van der Waals surface area (Å²) in [4.78, 5) is 27.0. The minimum Gasteiger partial charge on any atom is -0.383 e. The topological polar surface area (TPSA) is 103 Å². The predicted molar refractivity (Wildman–Crippen MR) is 119 cm³/mol. The molecule has 12 heteroatoms. The van der Waals surface area contributed by atoms with E-state index in [4.69, 9.17) is 5.73 Å². The summed E-state index contributed by atoms with van der Waals surface area (Å²) in [5.74, 6) is -0.995. The number of rotatable bonds is 5. The molecule has 0 spiro atoms. The van der Waals surface area contributed by atoms with Gasteiger partial charge in [0.15, 0.2) is 5.82 Å². The number of aryl methyl sites for hydroxylation is 2. The number of nitrogen functional groups attached to an aromatic ring is 1. The molecule has 4 aromatic rings. The summed E-state index contributed by atoms with van der Waals surface area (Å²) >= 11 is 0. The normalized spacial score (nSPS) is 12.7. The third kappa shape index (κ3) is 4.91. The molecule has 0 bridgehead atoms. The fourth-order valence-electron chi connectivity index (χ4n) is 3.57. The highest BCUT2D eigenvalue weighted by atomic mass is 19.4. The molecule has 35 heavy (non-hydrogen) atoms. The molecule has 1 amide bonds. The molecular formula is C23H21F4N7O. The number of benzene rings is 1. The van der Waals surface area contributed by atoms with E-state index < -0.39 is 29.5 Å². The van der Waals surface area contributed by atoms with Gasteiger partial charge in [0, 0.05) is 24.7 Å². The third-order valence-corrected chi connectivity index (χ3v) is 5.57.